The van der Waals surface area contributed by atoms with Gasteiger partial charge in [-0.25, -0.2) is 13.4 Å². The maximum absolute atomic E-state index is 13.0. The summed E-state index contributed by atoms with van der Waals surface area (Å²) >= 11 is 12.0. The Labute approximate surface area is 170 Å². The largest absolute Gasteiger partial charge is 0.289 e. The lowest BCUT2D eigenvalue weighted by molar-refractivity contribution is -0.127. The molecule has 2 fully saturated rings. The number of piperidine rings is 2. The second kappa shape index (κ2) is 9.09. The maximum atomic E-state index is 13.0. The Bertz CT molecular complexity index is 782. The van der Waals surface area contributed by atoms with Crippen molar-refractivity contribution >= 4 is 39.1 Å². The lowest BCUT2D eigenvalue weighted by Crippen LogP contribution is -2.47. The number of hydrogen-bond donors (Lipinski definition) is 1. The fourth-order valence-corrected chi connectivity index (χ4v) is 6.03. The number of hydrazine groups is 1. The van der Waals surface area contributed by atoms with Crippen molar-refractivity contribution in [1.82, 2.24) is 14.7 Å². The summed E-state index contributed by atoms with van der Waals surface area (Å²) in [5, 5.41) is 2.48. The molecule has 0 radical (unpaired) electrons. The summed E-state index contributed by atoms with van der Waals surface area (Å²) in [4.78, 5) is 12.4. The molecule has 6 nitrogen and oxygen atoms in total. The number of benzene rings is 1. The first kappa shape index (κ1) is 20.9. The van der Waals surface area contributed by atoms with Crippen LogP contribution < -0.4 is 5.43 Å². The van der Waals surface area contributed by atoms with E-state index in [4.69, 9.17) is 23.2 Å². The Morgan fingerprint density at radius 2 is 1.85 bits per heavy atom. The van der Waals surface area contributed by atoms with E-state index >= 15 is 0 Å². The van der Waals surface area contributed by atoms with E-state index in [9.17, 15) is 13.2 Å². The Kier molecular flexibility index (Phi) is 7.03. The predicted octanol–water partition coefficient (Wildman–Crippen LogP) is 3.30. The van der Waals surface area contributed by atoms with E-state index < -0.39 is 10.0 Å². The Hall–Kier alpha value is -0.860. The smallest absolute Gasteiger partial charge is 0.244 e. The highest BCUT2D eigenvalue weighted by Crippen LogP contribution is 2.30. The topological polar surface area (TPSA) is 69.7 Å². The molecule has 2 heterocycles. The zero-order valence-corrected chi connectivity index (χ0v) is 17.5. The average Bonchev–Trinajstić information content (AvgIpc) is 2.62. The van der Waals surface area contributed by atoms with Crippen molar-refractivity contribution in [2.24, 2.45) is 5.92 Å². The van der Waals surface area contributed by atoms with E-state index in [-0.39, 0.29) is 21.7 Å². The molecule has 2 aliphatic rings. The molecule has 3 rings (SSSR count). The highest BCUT2D eigenvalue weighted by atomic mass is 35.5. The van der Waals surface area contributed by atoms with Crippen LogP contribution in [0, 0.1) is 5.92 Å². The molecule has 1 amide bonds. The summed E-state index contributed by atoms with van der Waals surface area (Å²) in [6.07, 6.45) is 5.29. The number of nitrogens with zero attached hydrogens (tertiary/aromatic N) is 2. The van der Waals surface area contributed by atoms with Gasteiger partial charge in [-0.1, -0.05) is 29.6 Å². The summed E-state index contributed by atoms with van der Waals surface area (Å²) in [7, 11) is -3.70. The normalized spacial score (nSPS) is 22.5. The molecule has 27 heavy (non-hydrogen) atoms. The molecule has 0 aromatic heterocycles. The van der Waals surface area contributed by atoms with Crippen molar-refractivity contribution in [3.8, 4) is 0 Å². The van der Waals surface area contributed by atoms with E-state index in [1.165, 1.54) is 28.9 Å². The van der Waals surface area contributed by atoms with Gasteiger partial charge in [0.25, 0.3) is 0 Å². The predicted molar refractivity (Wildman–Crippen MR) is 106 cm³/mol. The van der Waals surface area contributed by atoms with Crippen molar-refractivity contribution in [3.05, 3.63) is 28.2 Å². The monoisotopic (exact) mass is 433 g/mol. The van der Waals surface area contributed by atoms with Gasteiger partial charge >= 0.3 is 0 Å². The van der Waals surface area contributed by atoms with E-state index in [1.54, 1.807) is 0 Å². The lowest BCUT2D eigenvalue weighted by Gasteiger charge is -2.33. The van der Waals surface area contributed by atoms with E-state index in [1.807, 2.05) is 5.01 Å². The Morgan fingerprint density at radius 3 is 2.56 bits per heavy atom. The van der Waals surface area contributed by atoms with Crippen LogP contribution in [0.15, 0.2) is 23.1 Å². The van der Waals surface area contributed by atoms with Crippen LogP contribution in [0.2, 0.25) is 10.0 Å². The molecule has 1 aromatic rings. The van der Waals surface area contributed by atoms with Crippen molar-refractivity contribution in [2.75, 3.05) is 26.2 Å². The second-order valence-corrected chi connectivity index (χ2v) is 9.98. The molecule has 1 atom stereocenters. The standard InChI is InChI=1S/C18H25Cl2N3O3S/c19-15-6-7-17(16(20)12-15)27(25,26)23-10-4-5-14(13-23)11-18(24)21-22-8-2-1-3-9-22/h6-7,12,14H,1-5,8-11,13H2,(H,21,24). The summed E-state index contributed by atoms with van der Waals surface area (Å²) in [5.74, 6) is -0.0323. The molecule has 2 aliphatic heterocycles. The Morgan fingerprint density at radius 1 is 1.11 bits per heavy atom. The average molecular weight is 434 g/mol. The summed E-state index contributed by atoms with van der Waals surface area (Å²) in [5.41, 5.74) is 2.96. The molecule has 0 spiro atoms. The fraction of sp³-hybridized carbons (Fsp3) is 0.611. The molecular weight excluding hydrogens is 409 g/mol. The van der Waals surface area contributed by atoms with Crippen LogP contribution in [0.4, 0.5) is 0 Å². The third kappa shape index (κ3) is 5.35. The number of sulfonamides is 1. The van der Waals surface area contributed by atoms with Crippen LogP contribution in [0.5, 0.6) is 0 Å². The molecule has 1 N–H and O–H groups in total. The molecule has 150 valence electrons. The summed E-state index contributed by atoms with van der Waals surface area (Å²) in [6.45, 7) is 2.53. The van der Waals surface area contributed by atoms with E-state index in [0.29, 0.717) is 24.5 Å². The molecule has 9 heteroatoms. The summed E-state index contributed by atoms with van der Waals surface area (Å²) < 4.78 is 27.3. The minimum Gasteiger partial charge on any atom is -0.289 e. The van der Waals surface area contributed by atoms with E-state index in [0.717, 1.165) is 38.8 Å². The van der Waals surface area contributed by atoms with Gasteiger partial charge in [0, 0.05) is 37.6 Å². The first-order valence-corrected chi connectivity index (χ1v) is 11.6. The summed E-state index contributed by atoms with van der Waals surface area (Å²) in [6, 6.07) is 4.39. The van der Waals surface area contributed by atoms with Gasteiger partial charge < -0.3 is 0 Å². The molecular formula is C18H25Cl2N3O3S. The third-order valence-corrected chi connectivity index (χ3v) is 7.69. The van der Waals surface area contributed by atoms with Gasteiger partial charge in [0.05, 0.1) is 5.02 Å². The quantitative estimate of drug-likeness (QED) is 0.772. The van der Waals surface area contributed by atoms with Crippen LogP contribution >= 0.6 is 23.2 Å². The van der Waals surface area contributed by atoms with Crippen molar-refractivity contribution in [1.29, 1.82) is 0 Å². The molecule has 1 aromatic carbocycles. The molecule has 2 saturated heterocycles. The number of carbonyl (C=O) groups excluding carboxylic acids is 1. The third-order valence-electron chi connectivity index (χ3n) is 5.11. The van der Waals surface area contributed by atoms with Gasteiger partial charge in [0.2, 0.25) is 15.9 Å². The Balaban J connectivity index is 1.62. The van der Waals surface area contributed by atoms with Crippen molar-refractivity contribution in [2.45, 2.75) is 43.4 Å². The number of amides is 1. The molecule has 0 bridgehead atoms. The van der Waals surface area contributed by atoms with Crippen molar-refractivity contribution in [3.63, 3.8) is 0 Å². The van der Waals surface area contributed by atoms with Gasteiger partial charge in [-0.2, -0.15) is 4.31 Å². The number of carbonyl (C=O) groups is 1. The first-order valence-electron chi connectivity index (χ1n) is 9.36. The van der Waals surface area contributed by atoms with Crippen LogP contribution in [-0.2, 0) is 14.8 Å². The highest BCUT2D eigenvalue weighted by molar-refractivity contribution is 7.89. The molecule has 1 unspecified atom stereocenters. The van der Waals surface area contributed by atoms with Gasteiger partial charge in [-0.05, 0) is 49.8 Å². The van der Waals surface area contributed by atoms with Crippen molar-refractivity contribution < 1.29 is 13.2 Å². The van der Waals surface area contributed by atoms with Gasteiger partial charge in [-0.3, -0.25) is 10.2 Å². The SMILES string of the molecule is O=C(CC1CCCN(S(=O)(=O)c2ccc(Cl)cc2Cl)C1)NN1CCCCC1. The zero-order chi connectivity index (χ0) is 19.4. The second-order valence-electron chi connectivity index (χ2n) is 7.23. The van der Waals surface area contributed by atoms with Gasteiger partial charge in [0.1, 0.15) is 4.90 Å². The van der Waals surface area contributed by atoms with E-state index in [2.05, 4.69) is 5.43 Å². The molecule has 0 saturated carbocycles. The lowest BCUT2D eigenvalue weighted by atomic mass is 9.96. The van der Waals surface area contributed by atoms with Gasteiger partial charge in [0.15, 0.2) is 0 Å². The number of nitrogens with one attached hydrogen (secondary N) is 1. The van der Waals surface area contributed by atoms with Crippen LogP contribution in [0.3, 0.4) is 0 Å². The minimum atomic E-state index is -3.70. The number of hydrogen-bond acceptors (Lipinski definition) is 4. The highest BCUT2D eigenvalue weighted by Gasteiger charge is 2.32. The number of halogens is 2. The van der Waals surface area contributed by atoms with Crippen LogP contribution in [-0.4, -0.2) is 49.8 Å². The maximum Gasteiger partial charge on any atom is 0.244 e. The zero-order valence-electron chi connectivity index (χ0n) is 15.2. The minimum absolute atomic E-state index is 0.00407. The first-order chi connectivity index (χ1) is 12.9. The number of rotatable bonds is 5. The van der Waals surface area contributed by atoms with Crippen LogP contribution in [0.1, 0.15) is 38.5 Å². The van der Waals surface area contributed by atoms with Gasteiger partial charge in [-0.15, -0.1) is 0 Å². The van der Waals surface area contributed by atoms with Crippen LogP contribution in [0.25, 0.3) is 0 Å². The molecule has 0 aliphatic carbocycles. The fourth-order valence-electron chi connectivity index (χ4n) is 3.73.